The maximum absolute atomic E-state index is 11.2. The molecule has 0 aromatic carbocycles. The highest BCUT2D eigenvalue weighted by molar-refractivity contribution is 5.77. The normalized spacial score (nSPS) is 30.5. The minimum absolute atomic E-state index is 0.162. The number of piperidine rings is 1. The number of nitrogens with one attached hydrogen (secondary N) is 1. The van der Waals surface area contributed by atoms with E-state index in [9.17, 15) is 4.79 Å². The summed E-state index contributed by atoms with van der Waals surface area (Å²) in [6, 6.07) is 0.333. The Balaban J connectivity index is 2.51. The van der Waals surface area contributed by atoms with Crippen LogP contribution in [0.4, 0.5) is 0 Å². The summed E-state index contributed by atoms with van der Waals surface area (Å²) in [5.41, 5.74) is 5.55. The molecule has 0 spiro atoms. The van der Waals surface area contributed by atoms with Gasteiger partial charge in [-0.3, -0.25) is 4.79 Å². The van der Waals surface area contributed by atoms with Crippen molar-refractivity contribution in [1.82, 2.24) is 5.32 Å². The van der Waals surface area contributed by atoms with E-state index in [-0.39, 0.29) is 5.91 Å². The summed E-state index contributed by atoms with van der Waals surface area (Å²) in [6.07, 6.45) is 1.65. The van der Waals surface area contributed by atoms with Gasteiger partial charge in [-0.15, -0.1) is 0 Å². The van der Waals surface area contributed by atoms with Gasteiger partial charge in [-0.25, -0.2) is 0 Å². The van der Waals surface area contributed by atoms with Crippen molar-refractivity contribution in [1.29, 1.82) is 0 Å². The van der Waals surface area contributed by atoms with Crippen LogP contribution in [-0.2, 0) is 4.79 Å². The van der Waals surface area contributed by atoms with Gasteiger partial charge in [0.25, 0.3) is 0 Å². The topological polar surface area (TPSA) is 55.1 Å². The van der Waals surface area contributed by atoms with Crippen LogP contribution in [0.25, 0.3) is 0 Å². The van der Waals surface area contributed by atoms with Gasteiger partial charge in [0.15, 0.2) is 0 Å². The monoisotopic (exact) mass is 170 g/mol. The summed E-state index contributed by atoms with van der Waals surface area (Å²) in [7, 11) is 0. The molecule has 1 aliphatic heterocycles. The molecule has 1 saturated heterocycles. The van der Waals surface area contributed by atoms with Crippen molar-refractivity contribution in [3.8, 4) is 0 Å². The molecule has 0 bridgehead atoms. The number of nitrogens with two attached hydrogens (primary N) is 1. The predicted molar refractivity (Wildman–Crippen MR) is 48.5 cm³/mol. The van der Waals surface area contributed by atoms with Gasteiger partial charge < -0.3 is 11.1 Å². The van der Waals surface area contributed by atoms with Gasteiger partial charge in [0.05, 0.1) is 0 Å². The maximum atomic E-state index is 11.2. The summed E-state index contributed by atoms with van der Waals surface area (Å²) in [5, 5.41) is 2.99. The van der Waals surface area contributed by atoms with E-state index in [0.29, 0.717) is 30.8 Å². The zero-order valence-electron chi connectivity index (χ0n) is 7.84. The maximum Gasteiger partial charge on any atom is 0.220 e. The second-order valence-electron chi connectivity index (χ2n) is 3.96. The Morgan fingerprint density at radius 3 is 2.83 bits per heavy atom. The summed E-state index contributed by atoms with van der Waals surface area (Å²) >= 11 is 0. The molecular formula is C9H18N2O. The second kappa shape index (κ2) is 3.90. The zero-order chi connectivity index (χ0) is 9.14. The van der Waals surface area contributed by atoms with E-state index >= 15 is 0 Å². The molecular weight excluding hydrogens is 152 g/mol. The average molecular weight is 170 g/mol. The van der Waals surface area contributed by atoms with Crippen molar-refractivity contribution >= 4 is 5.91 Å². The van der Waals surface area contributed by atoms with E-state index in [2.05, 4.69) is 19.2 Å². The molecule has 12 heavy (non-hydrogen) atoms. The van der Waals surface area contributed by atoms with Gasteiger partial charge in [-0.1, -0.05) is 13.8 Å². The average Bonchev–Trinajstić information content (AvgIpc) is 2.03. The first-order valence-corrected chi connectivity index (χ1v) is 4.63. The molecule has 1 heterocycles. The molecule has 1 rings (SSSR count). The van der Waals surface area contributed by atoms with Crippen LogP contribution >= 0.6 is 0 Å². The van der Waals surface area contributed by atoms with E-state index in [4.69, 9.17) is 5.73 Å². The van der Waals surface area contributed by atoms with Gasteiger partial charge in [-0.2, -0.15) is 0 Å². The molecule has 3 N–H and O–H groups in total. The Bertz CT molecular complexity index is 168. The highest BCUT2D eigenvalue weighted by Gasteiger charge is 2.27. The van der Waals surface area contributed by atoms with Gasteiger partial charge in [0.1, 0.15) is 0 Å². The number of carbonyl (C=O) groups is 1. The molecule has 1 fully saturated rings. The first-order chi connectivity index (χ1) is 5.63. The zero-order valence-corrected chi connectivity index (χ0v) is 7.84. The number of hydrogen-bond donors (Lipinski definition) is 2. The molecule has 2 atom stereocenters. The highest BCUT2D eigenvalue weighted by atomic mass is 16.1. The molecule has 3 nitrogen and oxygen atoms in total. The van der Waals surface area contributed by atoms with E-state index < -0.39 is 0 Å². The Morgan fingerprint density at radius 2 is 2.33 bits per heavy atom. The third kappa shape index (κ3) is 2.21. The SMILES string of the molecule is CC(C)C1CC(CN)CC(=O)N1. The van der Waals surface area contributed by atoms with Crippen molar-refractivity contribution < 1.29 is 4.79 Å². The molecule has 0 saturated carbocycles. The van der Waals surface area contributed by atoms with E-state index in [1.807, 2.05) is 0 Å². The molecule has 0 aliphatic carbocycles. The third-order valence-electron chi connectivity index (χ3n) is 2.55. The lowest BCUT2D eigenvalue weighted by Crippen LogP contribution is -2.46. The molecule has 1 amide bonds. The largest absolute Gasteiger partial charge is 0.353 e. The predicted octanol–water partition coefficient (Wildman–Crippen LogP) is 0.496. The van der Waals surface area contributed by atoms with Crippen LogP contribution in [-0.4, -0.2) is 18.5 Å². The third-order valence-corrected chi connectivity index (χ3v) is 2.55. The van der Waals surface area contributed by atoms with Gasteiger partial charge in [-0.05, 0) is 24.8 Å². The summed E-state index contributed by atoms with van der Waals surface area (Å²) in [4.78, 5) is 11.2. The lowest BCUT2D eigenvalue weighted by Gasteiger charge is -2.31. The van der Waals surface area contributed by atoms with Crippen LogP contribution in [0, 0.1) is 11.8 Å². The Morgan fingerprint density at radius 1 is 1.67 bits per heavy atom. The minimum atomic E-state index is 0.162. The fourth-order valence-corrected chi connectivity index (χ4v) is 1.65. The standard InChI is InChI=1S/C9H18N2O/c1-6(2)8-3-7(5-10)4-9(12)11-8/h6-8H,3-5,10H2,1-2H3,(H,11,12). The smallest absolute Gasteiger partial charge is 0.220 e. The number of hydrogen-bond acceptors (Lipinski definition) is 2. The minimum Gasteiger partial charge on any atom is -0.353 e. The first-order valence-electron chi connectivity index (χ1n) is 4.63. The van der Waals surface area contributed by atoms with Crippen LogP contribution in [0.5, 0.6) is 0 Å². The van der Waals surface area contributed by atoms with E-state index in [0.717, 1.165) is 6.42 Å². The Hall–Kier alpha value is -0.570. The molecule has 0 aromatic rings. The van der Waals surface area contributed by atoms with Gasteiger partial charge >= 0.3 is 0 Å². The van der Waals surface area contributed by atoms with Crippen LogP contribution < -0.4 is 11.1 Å². The van der Waals surface area contributed by atoms with Crippen molar-refractivity contribution in [3.05, 3.63) is 0 Å². The van der Waals surface area contributed by atoms with Crippen molar-refractivity contribution in [2.75, 3.05) is 6.54 Å². The first kappa shape index (κ1) is 9.52. The number of rotatable bonds is 2. The lowest BCUT2D eigenvalue weighted by molar-refractivity contribution is -0.125. The number of carbonyl (C=O) groups excluding carboxylic acids is 1. The van der Waals surface area contributed by atoms with Crippen LogP contribution in [0.15, 0.2) is 0 Å². The molecule has 0 radical (unpaired) electrons. The van der Waals surface area contributed by atoms with Gasteiger partial charge in [0, 0.05) is 12.5 Å². The van der Waals surface area contributed by atoms with Crippen LogP contribution in [0.2, 0.25) is 0 Å². The molecule has 1 aliphatic rings. The number of amides is 1. The van der Waals surface area contributed by atoms with E-state index in [1.165, 1.54) is 0 Å². The fraction of sp³-hybridized carbons (Fsp3) is 0.889. The Kier molecular flexibility index (Phi) is 3.09. The summed E-state index contributed by atoms with van der Waals surface area (Å²) < 4.78 is 0. The molecule has 70 valence electrons. The second-order valence-corrected chi connectivity index (χ2v) is 3.96. The lowest BCUT2D eigenvalue weighted by atomic mass is 9.87. The van der Waals surface area contributed by atoms with Crippen molar-refractivity contribution in [3.63, 3.8) is 0 Å². The highest BCUT2D eigenvalue weighted by Crippen LogP contribution is 2.20. The Labute approximate surface area is 73.7 Å². The van der Waals surface area contributed by atoms with E-state index in [1.54, 1.807) is 0 Å². The van der Waals surface area contributed by atoms with Gasteiger partial charge in [0.2, 0.25) is 5.91 Å². The van der Waals surface area contributed by atoms with Crippen molar-refractivity contribution in [2.45, 2.75) is 32.7 Å². The van der Waals surface area contributed by atoms with Crippen LogP contribution in [0.1, 0.15) is 26.7 Å². The van der Waals surface area contributed by atoms with Crippen LogP contribution in [0.3, 0.4) is 0 Å². The quantitative estimate of drug-likeness (QED) is 0.634. The molecule has 0 aromatic heterocycles. The fourth-order valence-electron chi connectivity index (χ4n) is 1.65. The van der Waals surface area contributed by atoms with Crippen molar-refractivity contribution in [2.24, 2.45) is 17.6 Å². The molecule has 2 unspecified atom stereocenters. The summed E-state index contributed by atoms with van der Waals surface area (Å²) in [5.74, 6) is 1.07. The summed E-state index contributed by atoms with van der Waals surface area (Å²) in [6.45, 7) is 4.89. The molecule has 3 heteroatoms.